The molecule has 0 radical (unpaired) electrons. The lowest BCUT2D eigenvalue weighted by atomic mass is 10.1. The number of hydrogen-bond donors (Lipinski definition) is 1. The quantitative estimate of drug-likeness (QED) is 0.697. The van der Waals surface area contributed by atoms with Crippen molar-refractivity contribution in [2.45, 2.75) is 6.92 Å². The first kappa shape index (κ1) is 12.1. The summed E-state index contributed by atoms with van der Waals surface area (Å²) in [6, 6.07) is 16.0. The first-order chi connectivity index (χ1) is 9.22. The minimum Gasteiger partial charge on any atom is -0.322 e. The number of aliphatic imine (C=N–C) groups is 1. The number of nitrogens with one attached hydrogen (secondary N) is 1. The Morgan fingerprint density at radius 1 is 1.11 bits per heavy atom. The Morgan fingerprint density at radius 2 is 1.84 bits per heavy atom. The number of imidazole rings is 1. The van der Waals surface area contributed by atoms with E-state index in [1.807, 2.05) is 55.5 Å². The van der Waals surface area contributed by atoms with Crippen LogP contribution in [0.4, 0.5) is 5.95 Å². The van der Waals surface area contributed by atoms with Crippen LogP contribution in [-0.2, 0) is 0 Å². The van der Waals surface area contributed by atoms with Crippen molar-refractivity contribution in [3.63, 3.8) is 0 Å². The third-order valence-electron chi connectivity index (χ3n) is 2.91. The molecule has 3 rings (SSSR count). The van der Waals surface area contributed by atoms with Crippen LogP contribution in [0, 0.1) is 0 Å². The molecular formula is C15H12BrN3. The van der Waals surface area contributed by atoms with Crippen LogP contribution in [0.25, 0.3) is 11.0 Å². The summed E-state index contributed by atoms with van der Waals surface area (Å²) in [4.78, 5) is 12.2. The van der Waals surface area contributed by atoms with Crippen molar-refractivity contribution in [2.75, 3.05) is 0 Å². The van der Waals surface area contributed by atoms with Gasteiger partial charge in [-0.2, -0.15) is 0 Å². The molecule has 1 N–H and O–H groups in total. The number of hydrogen-bond acceptors (Lipinski definition) is 2. The summed E-state index contributed by atoms with van der Waals surface area (Å²) < 4.78 is 1.06. The second-order valence-electron chi connectivity index (χ2n) is 4.28. The second-order valence-corrected chi connectivity index (χ2v) is 5.20. The van der Waals surface area contributed by atoms with Gasteiger partial charge in [0.1, 0.15) is 0 Å². The number of aromatic nitrogens is 2. The Hall–Kier alpha value is -1.94. The first-order valence-electron chi connectivity index (χ1n) is 5.98. The fourth-order valence-electron chi connectivity index (χ4n) is 1.91. The van der Waals surface area contributed by atoms with Crippen LogP contribution < -0.4 is 0 Å². The largest absolute Gasteiger partial charge is 0.322 e. The van der Waals surface area contributed by atoms with Gasteiger partial charge in [-0.25, -0.2) is 9.98 Å². The van der Waals surface area contributed by atoms with E-state index in [0.29, 0.717) is 5.95 Å². The monoisotopic (exact) mass is 313 g/mol. The summed E-state index contributed by atoms with van der Waals surface area (Å²) in [6.45, 7) is 1.98. The summed E-state index contributed by atoms with van der Waals surface area (Å²) in [6.07, 6.45) is 0. The lowest BCUT2D eigenvalue weighted by Gasteiger charge is -1.99. The van der Waals surface area contributed by atoms with Crippen molar-refractivity contribution in [1.82, 2.24) is 9.97 Å². The molecule has 3 nitrogen and oxygen atoms in total. The van der Waals surface area contributed by atoms with Crippen molar-refractivity contribution in [1.29, 1.82) is 0 Å². The van der Waals surface area contributed by atoms with Gasteiger partial charge in [-0.15, -0.1) is 0 Å². The SMILES string of the molecule is C/C(=N\c1nc2ccccc2[nH]1)c1ccc(Br)cc1. The lowest BCUT2D eigenvalue weighted by Crippen LogP contribution is -1.93. The minimum atomic E-state index is 0.640. The van der Waals surface area contributed by atoms with E-state index in [4.69, 9.17) is 0 Å². The van der Waals surface area contributed by atoms with E-state index in [2.05, 4.69) is 30.9 Å². The molecule has 1 heterocycles. The maximum Gasteiger partial charge on any atom is 0.228 e. The van der Waals surface area contributed by atoms with Crippen molar-refractivity contribution in [2.24, 2.45) is 4.99 Å². The molecule has 0 saturated carbocycles. The maximum absolute atomic E-state index is 4.53. The molecule has 0 aliphatic carbocycles. The third-order valence-corrected chi connectivity index (χ3v) is 3.44. The molecule has 19 heavy (non-hydrogen) atoms. The van der Waals surface area contributed by atoms with Crippen LogP contribution >= 0.6 is 15.9 Å². The summed E-state index contributed by atoms with van der Waals surface area (Å²) in [5.74, 6) is 0.640. The summed E-state index contributed by atoms with van der Waals surface area (Å²) in [5.41, 5.74) is 3.96. The number of aromatic amines is 1. The van der Waals surface area contributed by atoms with Gasteiger partial charge < -0.3 is 4.98 Å². The molecule has 0 bridgehead atoms. The van der Waals surface area contributed by atoms with Gasteiger partial charge in [0, 0.05) is 10.2 Å². The van der Waals surface area contributed by atoms with E-state index >= 15 is 0 Å². The van der Waals surface area contributed by atoms with Crippen LogP contribution in [0.3, 0.4) is 0 Å². The van der Waals surface area contributed by atoms with Crippen LogP contribution in [0.2, 0.25) is 0 Å². The normalized spacial score (nSPS) is 12.0. The first-order valence-corrected chi connectivity index (χ1v) is 6.78. The van der Waals surface area contributed by atoms with Crippen LogP contribution in [0.15, 0.2) is 58.0 Å². The highest BCUT2D eigenvalue weighted by Gasteiger charge is 2.02. The van der Waals surface area contributed by atoms with Gasteiger partial charge in [0.2, 0.25) is 5.95 Å². The zero-order chi connectivity index (χ0) is 13.2. The Morgan fingerprint density at radius 3 is 2.58 bits per heavy atom. The van der Waals surface area contributed by atoms with E-state index in [-0.39, 0.29) is 0 Å². The number of benzene rings is 2. The van der Waals surface area contributed by atoms with Gasteiger partial charge in [0.15, 0.2) is 0 Å². The van der Waals surface area contributed by atoms with Gasteiger partial charge in [0.05, 0.1) is 11.0 Å². The van der Waals surface area contributed by atoms with Crippen LogP contribution in [0.5, 0.6) is 0 Å². The summed E-state index contributed by atoms with van der Waals surface area (Å²) in [7, 11) is 0. The van der Waals surface area contributed by atoms with E-state index < -0.39 is 0 Å². The zero-order valence-corrected chi connectivity index (χ0v) is 12.0. The van der Waals surface area contributed by atoms with E-state index in [1.54, 1.807) is 0 Å². The molecule has 1 aromatic heterocycles. The maximum atomic E-state index is 4.53. The van der Waals surface area contributed by atoms with Crippen molar-refractivity contribution in [3.8, 4) is 0 Å². The number of para-hydroxylation sites is 2. The Bertz CT molecular complexity index is 708. The van der Waals surface area contributed by atoms with Gasteiger partial charge in [0.25, 0.3) is 0 Å². The average molecular weight is 314 g/mol. The Kier molecular flexibility index (Phi) is 3.17. The molecule has 94 valence electrons. The summed E-state index contributed by atoms with van der Waals surface area (Å²) in [5, 5.41) is 0. The Labute approximate surface area is 119 Å². The van der Waals surface area contributed by atoms with Crippen molar-refractivity contribution in [3.05, 3.63) is 58.6 Å². The van der Waals surface area contributed by atoms with Gasteiger partial charge >= 0.3 is 0 Å². The minimum absolute atomic E-state index is 0.640. The van der Waals surface area contributed by atoms with Crippen LogP contribution in [-0.4, -0.2) is 15.7 Å². The smallest absolute Gasteiger partial charge is 0.228 e. The predicted molar refractivity (Wildman–Crippen MR) is 82.1 cm³/mol. The molecule has 0 aliphatic rings. The fourth-order valence-corrected chi connectivity index (χ4v) is 2.17. The second kappa shape index (κ2) is 4.97. The molecular weight excluding hydrogens is 302 g/mol. The average Bonchev–Trinajstić information content (AvgIpc) is 2.81. The molecule has 0 amide bonds. The topological polar surface area (TPSA) is 41.0 Å². The van der Waals surface area contributed by atoms with E-state index in [9.17, 15) is 0 Å². The number of fused-ring (bicyclic) bond motifs is 1. The molecule has 0 unspecified atom stereocenters. The zero-order valence-electron chi connectivity index (χ0n) is 10.4. The van der Waals surface area contributed by atoms with Crippen LogP contribution in [0.1, 0.15) is 12.5 Å². The predicted octanol–water partition coefficient (Wildman–Crippen LogP) is 4.47. The number of nitrogens with zero attached hydrogens (tertiary/aromatic N) is 2. The molecule has 0 spiro atoms. The molecule has 0 saturated heterocycles. The third kappa shape index (κ3) is 2.58. The van der Waals surface area contributed by atoms with E-state index in [0.717, 1.165) is 26.8 Å². The van der Waals surface area contributed by atoms with Gasteiger partial charge in [-0.3, -0.25) is 0 Å². The standard InChI is InChI=1S/C15H12BrN3/c1-10(11-6-8-12(16)9-7-11)17-15-18-13-4-2-3-5-14(13)19-15/h2-9H,1H3,(H,18,19)/b17-10+. The fraction of sp³-hybridized carbons (Fsp3) is 0.0667. The van der Waals surface area contributed by atoms with Gasteiger partial charge in [-0.05, 0) is 36.8 Å². The highest BCUT2D eigenvalue weighted by atomic mass is 79.9. The number of H-pyrrole nitrogens is 1. The number of rotatable bonds is 2. The molecule has 0 atom stereocenters. The number of halogens is 1. The summed E-state index contributed by atoms with van der Waals surface area (Å²) >= 11 is 3.43. The molecule has 0 aliphatic heterocycles. The highest BCUT2D eigenvalue weighted by Crippen LogP contribution is 2.17. The van der Waals surface area contributed by atoms with E-state index in [1.165, 1.54) is 0 Å². The molecule has 3 aromatic rings. The molecule has 4 heteroatoms. The Balaban J connectivity index is 1.97. The molecule has 0 fully saturated rings. The van der Waals surface area contributed by atoms with Crippen molar-refractivity contribution >= 4 is 38.6 Å². The highest BCUT2D eigenvalue weighted by molar-refractivity contribution is 9.10. The lowest BCUT2D eigenvalue weighted by molar-refractivity contribution is 1.26. The van der Waals surface area contributed by atoms with Crippen molar-refractivity contribution < 1.29 is 0 Å². The molecule has 2 aromatic carbocycles. The van der Waals surface area contributed by atoms with Gasteiger partial charge in [-0.1, -0.05) is 40.2 Å².